The van der Waals surface area contributed by atoms with E-state index in [0.717, 1.165) is 18.7 Å². The third-order valence-electron chi connectivity index (χ3n) is 3.02. The zero-order valence-electron chi connectivity index (χ0n) is 11.2. The SMILES string of the molecule is Cc1ccc2c(c1)SC(CCN(C)C)CC(=O)N2. The van der Waals surface area contributed by atoms with E-state index in [4.69, 9.17) is 0 Å². The molecule has 1 heterocycles. The molecule has 1 aliphatic heterocycles. The molecule has 0 bridgehead atoms. The molecule has 0 aromatic heterocycles. The maximum Gasteiger partial charge on any atom is 0.225 e. The van der Waals surface area contributed by atoms with E-state index < -0.39 is 0 Å². The lowest BCUT2D eigenvalue weighted by atomic mass is 10.2. The molecule has 0 fully saturated rings. The summed E-state index contributed by atoms with van der Waals surface area (Å²) in [6, 6.07) is 6.21. The first-order valence-electron chi connectivity index (χ1n) is 6.26. The molecule has 0 spiro atoms. The van der Waals surface area contributed by atoms with Crippen molar-refractivity contribution in [3.63, 3.8) is 0 Å². The number of carbonyl (C=O) groups excluding carboxylic acids is 1. The van der Waals surface area contributed by atoms with Crippen LogP contribution in [0.3, 0.4) is 0 Å². The molecule has 0 radical (unpaired) electrons. The van der Waals surface area contributed by atoms with Crippen molar-refractivity contribution in [1.82, 2.24) is 4.90 Å². The van der Waals surface area contributed by atoms with Crippen LogP contribution in [-0.2, 0) is 4.79 Å². The topological polar surface area (TPSA) is 32.3 Å². The molecule has 1 amide bonds. The van der Waals surface area contributed by atoms with Crippen molar-refractivity contribution in [2.24, 2.45) is 0 Å². The summed E-state index contributed by atoms with van der Waals surface area (Å²) >= 11 is 1.83. The second kappa shape index (κ2) is 5.76. The van der Waals surface area contributed by atoms with Gasteiger partial charge < -0.3 is 10.2 Å². The van der Waals surface area contributed by atoms with E-state index in [0.29, 0.717) is 11.7 Å². The minimum Gasteiger partial charge on any atom is -0.325 e. The van der Waals surface area contributed by atoms with Crippen LogP contribution in [0.25, 0.3) is 0 Å². The molecule has 1 unspecified atom stereocenters. The van der Waals surface area contributed by atoms with E-state index in [1.54, 1.807) is 0 Å². The first-order chi connectivity index (χ1) is 8.54. The van der Waals surface area contributed by atoms with Crippen molar-refractivity contribution in [3.8, 4) is 0 Å². The Bertz CT molecular complexity index is 445. The molecule has 2 rings (SSSR count). The Morgan fingerprint density at radius 3 is 2.94 bits per heavy atom. The van der Waals surface area contributed by atoms with Gasteiger partial charge in [0.25, 0.3) is 0 Å². The quantitative estimate of drug-likeness (QED) is 0.911. The zero-order chi connectivity index (χ0) is 13.1. The van der Waals surface area contributed by atoms with Gasteiger partial charge in [0, 0.05) is 16.6 Å². The number of benzene rings is 1. The molecule has 3 nitrogen and oxygen atoms in total. The van der Waals surface area contributed by atoms with Crippen LogP contribution in [0.2, 0.25) is 0 Å². The molecule has 1 N–H and O–H groups in total. The number of hydrogen-bond acceptors (Lipinski definition) is 3. The highest BCUT2D eigenvalue weighted by atomic mass is 32.2. The second-order valence-corrected chi connectivity index (χ2v) is 6.43. The van der Waals surface area contributed by atoms with Crippen LogP contribution >= 0.6 is 11.8 Å². The first-order valence-corrected chi connectivity index (χ1v) is 7.14. The van der Waals surface area contributed by atoms with Crippen LogP contribution in [0.5, 0.6) is 0 Å². The summed E-state index contributed by atoms with van der Waals surface area (Å²) in [6.45, 7) is 3.11. The standard InChI is InChI=1S/C14H20N2OS/c1-10-4-5-12-13(8-10)18-11(6-7-16(2)3)9-14(17)15-12/h4-5,8,11H,6-7,9H2,1-3H3,(H,15,17). The van der Waals surface area contributed by atoms with Crippen LogP contribution < -0.4 is 5.32 Å². The summed E-state index contributed by atoms with van der Waals surface area (Å²) in [6.07, 6.45) is 1.64. The number of rotatable bonds is 3. The van der Waals surface area contributed by atoms with Crippen molar-refractivity contribution < 1.29 is 4.79 Å². The van der Waals surface area contributed by atoms with Crippen LogP contribution in [0, 0.1) is 6.92 Å². The predicted molar refractivity (Wildman–Crippen MR) is 77.2 cm³/mol. The van der Waals surface area contributed by atoms with Gasteiger partial charge in [-0.1, -0.05) is 6.07 Å². The largest absolute Gasteiger partial charge is 0.325 e. The maximum atomic E-state index is 11.8. The number of fused-ring (bicyclic) bond motifs is 1. The Morgan fingerprint density at radius 1 is 1.44 bits per heavy atom. The maximum absolute atomic E-state index is 11.8. The Labute approximate surface area is 113 Å². The van der Waals surface area contributed by atoms with Gasteiger partial charge in [0.1, 0.15) is 0 Å². The minimum absolute atomic E-state index is 0.133. The van der Waals surface area contributed by atoms with E-state index in [1.165, 1.54) is 10.5 Å². The van der Waals surface area contributed by atoms with Crippen LogP contribution in [0.1, 0.15) is 18.4 Å². The van der Waals surface area contributed by atoms with Gasteiger partial charge >= 0.3 is 0 Å². The lowest BCUT2D eigenvalue weighted by molar-refractivity contribution is -0.116. The van der Waals surface area contributed by atoms with Gasteiger partial charge in [-0.2, -0.15) is 0 Å². The molecule has 18 heavy (non-hydrogen) atoms. The normalized spacial score (nSPS) is 19.3. The molecular weight excluding hydrogens is 244 g/mol. The first kappa shape index (κ1) is 13.4. The fraction of sp³-hybridized carbons (Fsp3) is 0.500. The molecular formula is C14H20N2OS. The summed E-state index contributed by atoms with van der Waals surface area (Å²) in [7, 11) is 4.14. The fourth-order valence-electron chi connectivity index (χ4n) is 2.02. The van der Waals surface area contributed by atoms with Gasteiger partial charge in [-0.3, -0.25) is 4.79 Å². The third-order valence-corrected chi connectivity index (χ3v) is 4.34. The smallest absolute Gasteiger partial charge is 0.225 e. The minimum atomic E-state index is 0.133. The number of aryl methyl sites for hydroxylation is 1. The predicted octanol–water partition coefficient (Wildman–Crippen LogP) is 2.75. The zero-order valence-corrected chi connectivity index (χ0v) is 12.0. The van der Waals surface area contributed by atoms with E-state index in [2.05, 4.69) is 37.3 Å². The summed E-state index contributed by atoms with van der Waals surface area (Å²) < 4.78 is 0. The molecule has 0 saturated carbocycles. The van der Waals surface area contributed by atoms with Crippen molar-refractivity contribution in [2.75, 3.05) is 26.0 Å². The van der Waals surface area contributed by atoms with E-state index in [1.807, 2.05) is 23.9 Å². The molecule has 98 valence electrons. The van der Waals surface area contributed by atoms with Gasteiger partial charge in [-0.25, -0.2) is 0 Å². The average molecular weight is 264 g/mol. The molecule has 1 atom stereocenters. The molecule has 4 heteroatoms. The Hall–Kier alpha value is -1.00. The van der Waals surface area contributed by atoms with Crippen molar-refractivity contribution >= 4 is 23.4 Å². The van der Waals surface area contributed by atoms with Gasteiger partial charge in [-0.05, 0) is 51.7 Å². The van der Waals surface area contributed by atoms with E-state index in [9.17, 15) is 4.79 Å². The number of nitrogens with one attached hydrogen (secondary N) is 1. The summed E-state index contributed by atoms with van der Waals surface area (Å²) in [5, 5.41) is 3.36. The van der Waals surface area contributed by atoms with E-state index in [-0.39, 0.29) is 5.91 Å². The lowest BCUT2D eigenvalue weighted by Gasteiger charge is -2.16. The highest BCUT2D eigenvalue weighted by Gasteiger charge is 2.22. The molecule has 1 aromatic rings. The summed E-state index contributed by atoms with van der Waals surface area (Å²) in [5.41, 5.74) is 2.20. The number of nitrogens with zero attached hydrogens (tertiary/aromatic N) is 1. The Morgan fingerprint density at radius 2 is 2.22 bits per heavy atom. The molecule has 1 aliphatic rings. The number of hydrogen-bond donors (Lipinski definition) is 1. The van der Waals surface area contributed by atoms with Crippen molar-refractivity contribution in [1.29, 1.82) is 0 Å². The van der Waals surface area contributed by atoms with Gasteiger partial charge in [0.15, 0.2) is 0 Å². The van der Waals surface area contributed by atoms with Crippen LogP contribution in [0.15, 0.2) is 23.1 Å². The highest BCUT2D eigenvalue weighted by Crippen LogP contribution is 2.36. The third kappa shape index (κ3) is 3.50. The Balaban J connectivity index is 2.15. The fourth-order valence-corrected chi connectivity index (χ4v) is 3.34. The average Bonchev–Trinajstić information content (AvgIpc) is 2.44. The summed E-state index contributed by atoms with van der Waals surface area (Å²) in [4.78, 5) is 15.2. The summed E-state index contributed by atoms with van der Waals surface area (Å²) in [5.74, 6) is 0.133. The van der Waals surface area contributed by atoms with Gasteiger partial charge in [0.05, 0.1) is 5.69 Å². The molecule has 0 aliphatic carbocycles. The lowest BCUT2D eigenvalue weighted by Crippen LogP contribution is -2.20. The van der Waals surface area contributed by atoms with Crippen LogP contribution in [0.4, 0.5) is 5.69 Å². The van der Waals surface area contributed by atoms with Crippen LogP contribution in [-0.4, -0.2) is 36.7 Å². The van der Waals surface area contributed by atoms with Crippen molar-refractivity contribution in [3.05, 3.63) is 23.8 Å². The van der Waals surface area contributed by atoms with Gasteiger partial charge in [0.2, 0.25) is 5.91 Å². The Kier molecular flexibility index (Phi) is 4.30. The highest BCUT2D eigenvalue weighted by molar-refractivity contribution is 8.00. The number of thioether (sulfide) groups is 1. The second-order valence-electron chi connectivity index (χ2n) is 5.08. The number of carbonyl (C=O) groups is 1. The van der Waals surface area contributed by atoms with Gasteiger partial charge in [-0.15, -0.1) is 11.8 Å². The molecule has 0 saturated heterocycles. The monoisotopic (exact) mass is 264 g/mol. The number of amides is 1. The molecule has 1 aromatic carbocycles. The van der Waals surface area contributed by atoms with Crippen molar-refractivity contribution in [2.45, 2.75) is 29.9 Å². The van der Waals surface area contributed by atoms with E-state index >= 15 is 0 Å². The number of anilines is 1.